The van der Waals surface area contributed by atoms with Gasteiger partial charge in [-0.05, 0) is 56.6 Å². The van der Waals surface area contributed by atoms with Gasteiger partial charge in [-0.15, -0.1) is 0 Å². The number of rotatable bonds is 6. The molecule has 0 N–H and O–H groups in total. The Balaban J connectivity index is 1.68. The van der Waals surface area contributed by atoms with Gasteiger partial charge in [0, 0.05) is 19.3 Å². The highest BCUT2D eigenvalue weighted by Crippen LogP contribution is 2.27. The summed E-state index contributed by atoms with van der Waals surface area (Å²) >= 11 is 0. The molecule has 1 saturated heterocycles. The maximum atomic E-state index is 5.83. The Labute approximate surface area is 144 Å². The van der Waals surface area contributed by atoms with E-state index in [0.29, 0.717) is 12.5 Å². The maximum absolute atomic E-state index is 5.83. The lowest BCUT2D eigenvalue weighted by molar-refractivity contribution is -0.162. The van der Waals surface area contributed by atoms with E-state index in [1.165, 1.54) is 17.5 Å². The number of fused-ring (bicyclic) bond motifs is 1. The van der Waals surface area contributed by atoms with Crippen molar-refractivity contribution in [3.8, 4) is 0 Å². The molecule has 1 aliphatic rings. The van der Waals surface area contributed by atoms with Gasteiger partial charge >= 0.3 is 0 Å². The number of pyridine rings is 1. The molecule has 2 aromatic heterocycles. The van der Waals surface area contributed by atoms with Crippen LogP contribution in [-0.4, -0.2) is 34.3 Å². The normalized spacial score (nSPS) is 18.6. The molecule has 2 aromatic rings. The molecular weight excluding hydrogens is 302 g/mol. The lowest BCUT2D eigenvalue weighted by atomic mass is 10.0. The SMILES string of the molecule is Cc1cc(C(C)C)c2c(n1)c(CCCOC1CCCCO1)nn2C. The monoisotopic (exact) mass is 331 g/mol. The van der Waals surface area contributed by atoms with Crippen LogP contribution < -0.4 is 0 Å². The van der Waals surface area contributed by atoms with Crippen LogP contribution in [0.25, 0.3) is 11.0 Å². The van der Waals surface area contributed by atoms with E-state index < -0.39 is 0 Å². The molecule has 132 valence electrons. The van der Waals surface area contributed by atoms with Gasteiger partial charge in [0.25, 0.3) is 0 Å². The van der Waals surface area contributed by atoms with Gasteiger partial charge < -0.3 is 9.47 Å². The Morgan fingerprint density at radius 1 is 1.38 bits per heavy atom. The van der Waals surface area contributed by atoms with Gasteiger partial charge in [0.15, 0.2) is 6.29 Å². The third-order valence-electron chi connectivity index (χ3n) is 4.64. The highest BCUT2D eigenvalue weighted by molar-refractivity contribution is 5.81. The van der Waals surface area contributed by atoms with E-state index in [0.717, 1.165) is 49.2 Å². The molecule has 5 nitrogen and oxygen atoms in total. The first-order valence-electron chi connectivity index (χ1n) is 9.12. The zero-order valence-corrected chi connectivity index (χ0v) is 15.3. The average Bonchev–Trinajstić information content (AvgIpc) is 2.87. The van der Waals surface area contributed by atoms with Crippen LogP contribution in [0, 0.1) is 6.92 Å². The van der Waals surface area contributed by atoms with Gasteiger partial charge in [-0.25, -0.2) is 4.98 Å². The summed E-state index contributed by atoms with van der Waals surface area (Å²) in [5.74, 6) is 0.462. The van der Waals surface area contributed by atoms with Gasteiger partial charge in [0.05, 0.1) is 17.8 Å². The molecule has 0 spiro atoms. The molecule has 5 heteroatoms. The van der Waals surface area contributed by atoms with E-state index in [4.69, 9.17) is 19.6 Å². The van der Waals surface area contributed by atoms with Crippen molar-refractivity contribution in [1.82, 2.24) is 14.8 Å². The second-order valence-electron chi connectivity index (χ2n) is 7.05. The molecule has 1 unspecified atom stereocenters. The molecule has 1 fully saturated rings. The van der Waals surface area contributed by atoms with Gasteiger partial charge in [-0.3, -0.25) is 4.68 Å². The zero-order valence-electron chi connectivity index (χ0n) is 15.3. The smallest absolute Gasteiger partial charge is 0.157 e. The van der Waals surface area contributed by atoms with Crippen LogP contribution in [-0.2, 0) is 22.9 Å². The van der Waals surface area contributed by atoms with Gasteiger partial charge in [-0.2, -0.15) is 5.10 Å². The molecular formula is C19H29N3O2. The summed E-state index contributed by atoms with van der Waals surface area (Å²) in [7, 11) is 2.01. The molecule has 0 aliphatic carbocycles. The first kappa shape index (κ1) is 17.4. The predicted octanol–water partition coefficient (Wildman–Crippen LogP) is 3.88. The Bertz CT molecular complexity index is 687. The third-order valence-corrected chi connectivity index (χ3v) is 4.64. The molecule has 3 rings (SSSR count). The Kier molecular flexibility index (Phi) is 5.51. The molecule has 1 atom stereocenters. The van der Waals surface area contributed by atoms with Crippen LogP contribution in [0.1, 0.15) is 62.4 Å². The summed E-state index contributed by atoms with van der Waals surface area (Å²) in [5.41, 5.74) is 5.68. The van der Waals surface area contributed by atoms with E-state index in [1.54, 1.807) is 0 Å². The van der Waals surface area contributed by atoms with Gasteiger partial charge in [-0.1, -0.05) is 13.8 Å². The Morgan fingerprint density at radius 3 is 2.92 bits per heavy atom. The number of aromatic nitrogens is 3. The topological polar surface area (TPSA) is 49.2 Å². The highest BCUT2D eigenvalue weighted by Gasteiger charge is 2.17. The van der Waals surface area contributed by atoms with Crippen LogP contribution in [0.2, 0.25) is 0 Å². The molecule has 0 radical (unpaired) electrons. The van der Waals surface area contributed by atoms with Gasteiger partial charge in [0.2, 0.25) is 0 Å². The highest BCUT2D eigenvalue weighted by atomic mass is 16.7. The molecule has 1 aliphatic heterocycles. The van der Waals surface area contributed by atoms with Crippen LogP contribution in [0.15, 0.2) is 6.07 Å². The fourth-order valence-corrected chi connectivity index (χ4v) is 3.42. The molecule has 24 heavy (non-hydrogen) atoms. The maximum Gasteiger partial charge on any atom is 0.157 e. The van der Waals surface area contributed by atoms with Crippen LogP contribution in [0.3, 0.4) is 0 Å². The molecule has 0 amide bonds. The number of hydrogen-bond donors (Lipinski definition) is 0. The fourth-order valence-electron chi connectivity index (χ4n) is 3.42. The molecule has 0 bridgehead atoms. The van der Waals surface area contributed by atoms with Crippen molar-refractivity contribution in [2.24, 2.45) is 7.05 Å². The minimum Gasteiger partial charge on any atom is -0.353 e. The van der Waals surface area contributed by atoms with Gasteiger partial charge in [0.1, 0.15) is 5.52 Å². The minimum atomic E-state index is -0.00728. The molecule has 0 aromatic carbocycles. The summed E-state index contributed by atoms with van der Waals surface area (Å²) in [5, 5.41) is 4.73. The van der Waals surface area contributed by atoms with Crippen molar-refractivity contribution in [2.75, 3.05) is 13.2 Å². The second-order valence-corrected chi connectivity index (χ2v) is 7.05. The number of aryl methyl sites for hydroxylation is 3. The predicted molar refractivity (Wildman–Crippen MR) is 95.2 cm³/mol. The largest absolute Gasteiger partial charge is 0.353 e. The van der Waals surface area contributed by atoms with Crippen molar-refractivity contribution < 1.29 is 9.47 Å². The summed E-state index contributed by atoms with van der Waals surface area (Å²) < 4.78 is 13.4. The van der Waals surface area contributed by atoms with E-state index in [1.807, 2.05) is 11.7 Å². The van der Waals surface area contributed by atoms with Crippen molar-refractivity contribution in [3.63, 3.8) is 0 Å². The quantitative estimate of drug-likeness (QED) is 0.754. The van der Waals surface area contributed by atoms with Crippen molar-refractivity contribution in [2.45, 2.75) is 65.1 Å². The lowest BCUT2D eigenvalue weighted by Crippen LogP contribution is -2.22. The van der Waals surface area contributed by atoms with Crippen LogP contribution >= 0.6 is 0 Å². The van der Waals surface area contributed by atoms with E-state index >= 15 is 0 Å². The third kappa shape index (κ3) is 3.78. The first-order valence-corrected chi connectivity index (χ1v) is 9.12. The first-order chi connectivity index (χ1) is 11.6. The van der Waals surface area contributed by atoms with Crippen molar-refractivity contribution >= 4 is 11.0 Å². The summed E-state index contributed by atoms with van der Waals surface area (Å²) in [6.07, 6.45) is 5.20. The van der Waals surface area contributed by atoms with Crippen LogP contribution in [0.4, 0.5) is 0 Å². The van der Waals surface area contributed by atoms with E-state index in [2.05, 4.69) is 26.8 Å². The second kappa shape index (κ2) is 7.62. The number of hydrogen-bond acceptors (Lipinski definition) is 4. The van der Waals surface area contributed by atoms with Crippen LogP contribution in [0.5, 0.6) is 0 Å². The molecule has 0 saturated carbocycles. The number of nitrogens with zero attached hydrogens (tertiary/aromatic N) is 3. The fraction of sp³-hybridized carbons (Fsp3) is 0.684. The average molecular weight is 331 g/mol. The zero-order chi connectivity index (χ0) is 17.1. The molecule has 3 heterocycles. The lowest BCUT2D eigenvalue weighted by Gasteiger charge is -2.22. The minimum absolute atomic E-state index is 0.00728. The van der Waals surface area contributed by atoms with E-state index in [-0.39, 0.29) is 6.29 Å². The summed E-state index contributed by atoms with van der Waals surface area (Å²) in [4.78, 5) is 4.76. The number of ether oxygens (including phenoxy) is 2. The standard InChI is InChI=1S/C19H29N3O2/c1-13(2)15-12-14(3)20-18-16(21-22(4)19(15)18)8-7-11-24-17-9-5-6-10-23-17/h12-13,17H,5-11H2,1-4H3. The van der Waals surface area contributed by atoms with E-state index in [9.17, 15) is 0 Å². The Hall–Kier alpha value is -1.46. The Morgan fingerprint density at radius 2 is 2.21 bits per heavy atom. The summed E-state index contributed by atoms with van der Waals surface area (Å²) in [6, 6.07) is 2.18. The van der Waals surface area contributed by atoms with Crippen molar-refractivity contribution in [1.29, 1.82) is 0 Å². The van der Waals surface area contributed by atoms with Crippen molar-refractivity contribution in [3.05, 3.63) is 23.0 Å². The summed E-state index contributed by atoms with van der Waals surface area (Å²) in [6.45, 7) is 8.05.